The summed E-state index contributed by atoms with van der Waals surface area (Å²) in [4.78, 5) is 33.7. The average Bonchev–Trinajstić information content (AvgIpc) is 3.76. The van der Waals surface area contributed by atoms with Crippen LogP contribution < -0.4 is 11.1 Å². The first kappa shape index (κ1) is 23.5. The van der Waals surface area contributed by atoms with Crippen LogP contribution in [-0.4, -0.2) is 52.8 Å². The van der Waals surface area contributed by atoms with Crippen molar-refractivity contribution >= 4 is 23.2 Å². The normalized spacial score (nSPS) is 15.8. The summed E-state index contributed by atoms with van der Waals surface area (Å²) in [5.74, 6) is 0.305. The second-order valence-corrected chi connectivity index (χ2v) is 9.35. The molecule has 0 bridgehead atoms. The number of para-hydroxylation sites is 2. The van der Waals surface area contributed by atoms with E-state index in [4.69, 9.17) is 5.73 Å². The van der Waals surface area contributed by atoms with Crippen molar-refractivity contribution < 1.29 is 9.59 Å². The molecule has 1 aliphatic heterocycles. The number of pyridine rings is 1. The summed E-state index contributed by atoms with van der Waals surface area (Å²) >= 11 is 0. The van der Waals surface area contributed by atoms with Crippen molar-refractivity contribution in [3.63, 3.8) is 0 Å². The van der Waals surface area contributed by atoms with Crippen molar-refractivity contribution in [2.75, 3.05) is 37.2 Å². The second-order valence-electron chi connectivity index (χ2n) is 9.35. The summed E-state index contributed by atoms with van der Waals surface area (Å²) in [6.07, 6.45) is 3.87. The van der Waals surface area contributed by atoms with E-state index >= 15 is 0 Å². The highest BCUT2D eigenvalue weighted by molar-refractivity contribution is 6.05. The minimum atomic E-state index is -0.262. The number of nitrogen functional groups attached to an aromatic ring is 1. The van der Waals surface area contributed by atoms with Gasteiger partial charge in [-0.3, -0.25) is 19.5 Å². The highest BCUT2D eigenvalue weighted by atomic mass is 16.2. The number of nitriles is 1. The number of hydrogen-bond acceptors (Lipinski definition) is 6. The zero-order chi connectivity index (χ0) is 25.1. The number of aromatic nitrogens is 1. The molecule has 1 aliphatic carbocycles. The largest absolute Gasteiger partial charge is 0.397 e. The Bertz CT molecular complexity index is 1320. The first-order valence-corrected chi connectivity index (χ1v) is 12.2. The fourth-order valence-electron chi connectivity index (χ4n) is 4.47. The highest BCUT2D eigenvalue weighted by Gasteiger charge is 2.34. The fraction of sp³-hybridized carbons (Fsp3) is 0.286. The number of carbonyl (C=O) groups is 2. The van der Waals surface area contributed by atoms with Crippen molar-refractivity contribution in [2.45, 2.75) is 19.4 Å². The third-order valence-corrected chi connectivity index (χ3v) is 6.71. The summed E-state index contributed by atoms with van der Waals surface area (Å²) in [5, 5.41) is 12.6. The quantitative estimate of drug-likeness (QED) is 0.522. The molecule has 182 valence electrons. The van der Waals surface area contributed by atoms with Crippen molar-refractivity contribution in [3.05, 3.63) is 77.5 Å². The standard InChI is InChI=1S/C28H28N6O2/c29-16-23-15-19(18-33-11-13-34(14-12-33)28(36)22-9-10-22)17-31-26(23)20-5-7-21(8-6-20)27(35)32-25-4-2-1-3-24(25)30/h1-8,15,17,22H,9-14,18,30H2,(H,32,35). The van der Waals surface area contributed by atoms with E-state index in [0.29, 0.717) is 40.6 Å². The topological polar surface area (TPSA) is 115 Å². The molecular formula is C28H28N6O2. The molecule has 0 atom stereocenters. The predicted octanol–water partition coefficient (Wildman–Crippen LogP) is 3.51. The number of amides is 2. The van der Waals surface area contributed by atoms with E-state index in [1.165, 1.54) is 0 Å². The number of rotatable bonds is 6. The number of anilines is 2. The van der Waals surface area contributed by atoms with E-state index < -0.39 is 0 Å². The van der Waals surface area contributed by atoms with Crippen LogP contribution in [0.1, 0.15) is 34.3 Å². The third kappa shape index (κ3) is 5.21. The molecule has 0 spiro atoms. The van der Waals surface area contributed by atoms with Crippen LogP contribution in [0.15, 0.2) is 60.8 Å². The number of nitrogens with two attached hydrogens (primary N) is 1. The molecule has 1 aromatic heterocycles. The van der Waals surface area contributed by atoms with E-state index in [1.54, 1.807) is 42.6 Å². The molecule has 2 aromatic carbocycles. The van der Waals surface area contributed by atoms with Gasteiger partial charge in [-0.05, 0) is 48.7 Å². The number of nitrogens with zero attached hydrogens (tertiary/aromatic N) is 4. The zero-order valence-electron chi connectivity index (χ0n) is 20.0. The lowest BCUT2D eigenvalue weighted by atomic mass is 10.0. The molecule has 36 heavy (non-hydrogen) atoms. The van der Waals surface area contributed by atoms with Crippen molar-refractivity contribution in [1.82, 2.24) is 14.8 Å². The Morgan fingerprint density at radius 3 is 2.44 bits per heavy atom. The van der Waals surface area contributed by atoms with E-state index in [0.717, 1.165) is 50.1 Å². The fourth-order valence-corrected chi connectivity index (χ4v) is 4.47. The number of carbonyl (C=O) groups excluding carboxylic acids is 2. The lowest BCUT2D eigenvalue weighted by molar-refractivity contribution is -0.134. The Morgan fingerprint density at radius 2 is 1.78 bits per heavy atom. The Balaban J connectivity index is 1.23. The first-order valence-electron chi connectivity index (χ1n) is 12.2. The Hall–Kier alpha value is -4.22. The van der Waals surface area contributed by atoms with E-state index in [1.807, 2.05) is 23.1 Å². The van der Waals surface area contributed by atoms with Crippen LogP contribution in [0.4, 0.5) is 11.4 Å². The monoisotopic (exact) mass is 480 g/mol. The predicted molar refractivity (Wildman–Crippen MR) is 138 cm³/mol. The molecule has 2 heterocycles. The Morgan fingerprint density at radius 1 is 1.06 bits per heavy atom. The molecule has 8 nitrogen and oxygen atoms in total. The third-order valence-electron chi connectivity index (χ3n) is 6.71. The minimum Gasteiger partial charge on any atom is -0.397 e. The van der Waals surface area contributed by atoms with Gasteiger partial charge in [0.05, 0.1) is 22.6 Å². The molecule has 2 aliphatic rings. The van der Waals surface area contributed by atoms with E-state index in [9.17, 15) is 14.9 Å². The van der Waals surface area contributed by atoms with Gasteiger partial charge in [0, 0.05) is 56.0 Å². The summed E-state index contributed by atoms with van der Waals surface area (Å²) in [7, 11) is 0. The van der Waals surface area contributed by atoms with Gasteiger partial charge in [-0.1, -0.05) is 24.3 Å². The molecule has 3 N–H and O–H groups in total. The molecule has 8 heteroatoms. The van der Waals surface area contributed by atoms with Gasteiger partial charge in [0.15, 0.2) is 0 Å². The van der Waals surface area contributed by atoms with Gasteiger partial charge in [0.2, 0.25) is 5.91 Å². The van der Waals surface area contributed by atoms with Gasteiger partial charge in [0.1, 0.15) is 6.07 Å². The summed E-state index contributed by atoms with van der Waals surface area (Å²) in [5.41, 5.74) is 10.3. The van der Waals surface area contributed by atoms with Crippen LogP contribution in [-0.2, 0) is 11.3 Å². The van der Waals surface area contributed by atoms with Gasteiger partial charge in [-0.2, -0.15) is 5.26 Å². The highest BCUT2D eigenvalue weighted by Crippen LogP contribution is 2.31. The molecule has 1 saturated carbocycles. The maximum atomic E-state index is 12.6. The van der Waals surface area contributed by atoms with Gasteiger partial charge in [0.25, 0.3) is 5.91 Å². The molecule has 0 unspecified atom stereocenters. The molecular weight excluding hydrogens is 452 g/mol. The van der Waals surface area contributed by atoms with Crippen LogP contribution in [0.25, 0.3) is 11.3 Å². The van der Waals surface area contributed by atoms with Crippen molar-refractivity contribution in [2.24, 2.45) is 5.92 Å². The summed E-state index contributed by atoms with van der Waals surface area (Å²) < 4.78 is 0. The maximum absolute atomic E-state index is 12.6. The van der Waals surface area contributed by atoms with Crippen LogP contribution in [0.5, 0.6) is 0 Å². The Kier molecular flexibility index (Phi) is 6.65. The lowest BCUT2D eigenvalue weighted by Crippen LogP contribution is -2.48. The van der Waals surface area contributed by atoms with Gasteiger partial charge >= 0.3 is 0 Å². The Labute approximate surface area is 210 Å². The molecule has 0 radical (unpaired) electrons. The van der Waals surface area contributed by atoms with Gasteiger partial charge < -0.3 is 16.0 Å². The molecule has 1 saturated heterocycles. The van der Waals surface area contributed by atoms with Crippen LogP contribution in [0.2, 0.25) is 0 Å². The van der Waals surface area contributed by atoms with Crippen molar-refractivity contribution in [3.8, 4) is 17.3 Å². The molecule has 5 rings (SSSR count). The van der Waals surface area contributed by atoms with Crippen LogP contribution in [0, 0.1) is 17.2 Å². The number of benzene rings is 2. The minimum absolute atomic E-state index is 0.262. The number of piperazine rings is 1. The first-order chi connectivity index (χ1) is 17.5. The smallest absolute Gasteiger partial charge is 0.255 e. The second kappa shape index (κ2) is 10.2. The van der Waals surface area contributed by atoms with Crippen LogP contribution in [0.3, 0.4) is 0 Å². The van der Waals surface area contributed by atoms with Gasteiger partial charge in [-0.25, -0.2) is 0 Å². The van der Waals surface area contributed by atoms with Gasteiger partial charge in [-0.15, -0.1) is 0 Å². The van der Waals surface area contributed by atoms with Crippen molar-refractivity contribution in [1.29, 1.82) is 5.26 Å². The molecule has 2 amide bonds. The summed E-state index contributed by atoms with van der Waals surface area (Å²) in [6, 6.07) is 18.2. The SMILES string of the molecule is N#Cc1cc(CN2CCN(C(=O)C3CC3)CC2)cnc1-c1ccc(C(=O)Nc2ccccc2N)cc1. The molecule has 3 aromatic rings. The van der Waals surface area contributed by atoms with Crippen LogP contribution >= 0.6 is 0 Å². The van der Waals surface area contributed by atoms with E-state index in [2.05, 4.69) is 21.3 Å². The zero-order valence-corrected chi connectivity index (χ0v) is 20.0. The maximum Gasteiger partial charge on any atom is 0.255 e. The number of nitrogens with one attached hydrogen (secondary N) is 1. The van der Waals surface area contributed by atoms with E-state index in [-0.39, 0.29) is 11.8 Å². The summed E-state index contributed by atoms with van der Waals surface area (Å²) in [6.45, 7) is 3.83. The average molecular weight is 481 g/mol. The lowest BCUT2D eigenvalue weighted by Gasteiger charge is -2.34. The molecule has 2 fully saturated rings. The number of hydrogen-bond donors (Lipinski definition) is 2.